The van der Waals surface area contributed by atoms with Crippen molar-refractivity contribution in [3.8, 4) is 11.8 Å². The molecule has 5 heteroatoms. The lowest BCUT2D eigenvalue weighted by Crippen LogP contribution is -2.31. The predicted octanol–water partition coefficient (Wildman–Crippen LogP) is 1.95. The fraction of sp³-hybridized carbons (Fsp3) is 0.562. The zero-order chi connectivity index (χ0) is 15.1. The molecule has 0 unspecified atom stereocenters. The zero-order valence-electron chi connectivity index (χ0n) is 12.3. The van der Waals surface area contributed by atoms with Crippen LogP contribution >= 0.6 is 11.3 Å². The maximum absolute atomic E-state index is 12.2. The highest BCUT2D eigenvalue weighted by atomic mass is 32.1. The molecule has 2 rings (SSSR count). The fourth-order valence-corrected chi connectivity index (χ4v) is 3.16. The summed E-state index contributed by atoms with van der Waals surface area (Å²) in [5.74, 6) is 6.40. The average molecular weight is 307 g/mol. The van der Waals surface area contributed by atoms with Crippen LogP contribution in [0.15, 0.2) is 6.07 Å². The van der Waals surface area contributed by atoms with Crippen LogP contribution in [0.2, 0.25) is 0 Å². The van der Waals surface area contributed by atoms with E-state index in [9.17, 15) is 4.79 Å². The first-order valence-corrected chi connectivity index (χ1v) is 8.08. The number of aryl methyl sites for hydroxylation is 1. The fourth-order valence-electron chi connectivity index (χ4n) is 2.19. The molecule has 4 nitrogen and oxygen atoms in total. The summed E-state index contributed by atoms with van der Waals surface area (Å²) in [7, 11) is 0. The van der Waals surface area contributed by atoms with Gasteiger partial charge in [0.25, 0.3) is 5.91 Å². The van der Waals surface area contributed by atoms with E-state index in [0.29, 0.717) is 23.8 Å². The monoisotopic (exact) mass is 307 g/mol. The molecule has 2 N–H and O–H groups in total. The van der Waals surface area contributed by atoms with Gasteiger partial charge in [-0.2, -0.15) is 0 Å². The molecule has 1 fully saturated rings. The van der Waals surface area contributed by atoms with E-state index in [1.54, 1.807) is 0 Å². The van der Waals surface area contributed by atoms with Gasteiger partial charge >= 0.3 is 0 Å². The van der Waals surface area contributed by atoms with E-state index < -0.39 is 0 Å². The summed E-state index contributed by atoms with van der Waals surface area (Å²) in [5.41, 5.74) is 1.02. The van der Waals surface area contributed by atoms with Crippen molar-refractivity contribution in [2.24, 2.45) is 5.92 Å². The second kappa shape index (κ2) is 8.18. The van der Waals surface area contributed by atoms with Crippen molar-refractivity contribution in [2.75, 3.05) is 26.4 Å². The number of amides is 1. The largest absolute Gasteiger partial charge is 0.395 e. The summed E-state index contributed by atoms with van der Waals surface area (Å²) >= 11 is 1.41. The van der Waals surface area contributed by atoms with Crippen LogP contribution in [0.3, 0.4) is 0 Å². The summed E-state index contributed by atoms with van der Waals surface area (Å²) in [6, 6.07) is 1.88. The minimum Gasteiger partial charge on any atom is -0.395 e. The molecule has 1 aromatic rings. The Labute approximate surface area is 129 Å². The molecule has 114 valence electrons. The predicted molar refractivity (Wildman–Crippen MR) is 83.5 cm³/mol. The summed E-state index contributed by atoms with van der Waals surface area (Å²) in [6.45, 7) is 4.32. The van der Waals surface area contributed by atoms with Crippen LogP contribution in [-0.4, -0.2) is 37.4 Å². The third-order valence-corrected chi connectivity index (χ3v) is 4.62. The lowest BCUT2D eigenvalue weighted by atomic mass is 10.0. The highest BCUT2D eigenvalue weighted by Crippen LogP contribution is 2.21. The van der Waals surface area contributed by atoms with Gasteiger partial charge in [0.2, 0.25) is 0 Å². The van der Waals surface area contributed by atoms with Crippen molar-refractivity contribution >= 4 is 17.2 Å². The topological polar surface area (TPSA) is 58.6 Å². The quantitative estimate of drug-likeness (QED) is 0.836. The Hall–Kier alpha value is -1.35. The first-order chi connectivity index (χ1) is 10.2. The maximum Gasteiger partial charge on any atom is 0.261 e. The van der Waals surface area contributed by atoms with Crippen molar-refractivity contribution < 1.29 is 14.6 Å². The maximum atomic E-state index is 12.2. The van der Waals surface area contributed by atoms with E-state index in [0.717, 1.165) is 36.5 Å². The number of hydrogen-bond donors (Lipinski definition) is 2. The molecule has 0 aliphatic carbocycles. The molecule has 1 aliphatic rings. The Morgan fingerprint density at radius 2 is 2.29 bits per heavy atom. The van der Waals surface area contributed by atoms with Crippen molar-refractivity contribution in [3.63, 3.8) is 0 Å². The first-order valence-electron chi connectivity index (χ1n) is 7.27. The molecule has 1 aliphatic heterocycles. The Morgan fingerprint density at radius 3 is 3.00 bits per heavy atom. The molecular formula is C16H21NO3S. The van der Waals surface area contributed by atoms with Gasteiger partial charge in [-0.15, -0.1) is 11.3 Å². The van der Waals surface area contributed by atoms with Gasteiger partial charge in [0, 0.05) is 26.2 Å². The second-order valence-corrected chi connectivity index (χ2v) is 6.22. The number of aliphatic hydroxyl groups excluding tert-OH is 1. The van der Waals surface area contributed by atoms with E-state index >= 15 is 0 Å². The lowest BCUT2D eigenvalue weighted by molar-refractivity contribution is 0.0643. The Balaban J connectivity index is 1.90. The van der Waals surface area contributed by atoms with E-state index in [4.69, 9.17) is 9.84 Å². The molecule has 1 saturated heterocycles. The SMILES string of the molecule is Cc1cc(C(=O)NCC2CCOCC2)sc1C#CCCO. The number of hydrogen-bond acceptors (Lipinski definition) is 4. The first kappa shape index (κ1) is 16.0. The van der Waals surface area contributed by atoms with Gasteiger partial charge in [-0.3, -0.25) is 4.79 Å². The minimum absolute atomic E-state index is 0.0233. The second-order valence-electron chi connectivity index (χ2n) is 5.16. The van der Waals surface area contributed by atoms with Gasteiger partial charge < -0.3 is 15.2 Å². The Kier molecular flexibility index (Phi) is 6.24. The van der Waals surface area contributed by atoms with Gasteiger partial charge in [0.05, 0.1) is 16.4 Å². The third-order valence-electron chi connectivity index (χ3n) is 3.47. The molecule has 0 radical (unpaired) electrons. The third kappa shape index (κ3) is 4.85. The van der Waals surface area contributed by atoms with E-state index in [1.165, 1.54) is 11.3 Å². The van der Waals surface area contributed by atoms with Crippen LogP contribution in [0.5, 0.6) is 0 Å². The van der Waals surface area contributed by atoms with Crippen LogP contribution in [0.4, 0.5) is 0 Å². The number of rotatable bonds is 4. The van der Waals surface area contributed by atoms with Crippen LogP contribution < -0.4 is 5.32 Å². The standard InChI is InChI=1S/C16H21NO3S/c1-12-10-15(21-14(12)4-2-3-7-18)16(19)17-11-13-5-8-20-9-6-13/h10,13,18H,3,5-9,11H2,1H3,(H,17,19). The van der Waals surface area contributed by atoms with Crippen molar-refractivity contribution in [1.29, 1.82) is 0 Å². The van der Waals surface area contributed by atoms with E-state index in [-0.39, 0.29) is 12.5 Å². The number of nitrogens with one attached hydrogen (secondary N) is 1. The minimum atomic E-state index is -0.0233. The summed E-state index contributed by atoms with van der Waals surface area (Å²) in [4.78, 5) is 13.8. The molecule has 0 atom stereocenters. The molecule has 0 spiro atoms. The van der Waals surface area contributed by atoms with Crippen molar-refractivity contribution in [1.82, 2.24) is 5.32 Å². The average Bonchev–Trinajstić information content (AvgIpc) is 2.87. The number of thiophene rings is 1. The number of ether oxygens (including phenoxy) is 1. The molecule has 1 amide bonds. The van der Waals surface area contributed by atoms with Crippen LogP contribution in [0, 0.1) is 24.7 Å². The van der Waals surface area contributed by atoms with Gasteiger partial charge in [0.1, 0.15) is 0 Å². The smallest absolute Gasteiger partial charge is 0.261 e. The van der Waals surface area contributed by atoms with Gasteiger partial charge in [0.15, 0.2) is 0 Å². The summed E-state index contributed by atoms with van der Waals surface area (Å²) in [5, 5.41) is 11.7. The number of aliphatic hydroxyl groups is 1. The molecule has 0 bridgehead atoms. The summed E-state index contributed by atoms with van der Waals surface area (Å²) in [6.07, 6.45) is 2.49. The van der Waals surface area contributed by atoms with Gasteiger partial charge in [-0.1, -0.05) is 11.8 Å². The number of carbonyl (C=O) groups excluding carboxylic acids is 1. The van der Waals surface area contributed by atoms with Gasteiger partial charge in [-0.25, -0.2) is 0 Å². The highest BCUT2D eigenvalue weighted by molar-refractivity contribution is 7.14. The highest BCUT2D eigenvalue weighted by Gasteiger charge is 2.16. The zero-order valence-corrected chi connectivity index (χ0v) is 13.1. The number of carbonyl (C=O) groups is 1. The molecule has 1 aromatic heterocycles. The molecule has 21 heavy (non-hydrogen) atoms. The van der Waals surface area contributed by atoms with Crippen molar-refractivity contribution in [3.05, 3.63) is 21.4 Å². The lowest BCUT2D eigenvalue weighted by Gasteiger charge is -2.21. The Bertz CT molecular complexity index is 535. The Morgan fingerprint density at radius 1 is 1.52 bits per heavy atom. The molecule has 0 saturated carbocycles. The van der Waals surface area contributed by atoms with Crippen LogP contribution in [0.1, 0.15) is 39.4 Å². The molecular weight excluding hydrogens is 286 g/mol. The van der Waals surface area contributed by atoms with Crippen LogP contribution in [0.25, 0.3) is 0 Å². The van der Waals surface area contributed by atoms with Gasteiger partial charge in [-0.05, 0) is 37.3 Å². The normalized spacial score (nSPS) is 15.3. The van der Waals surface area contributed by atoms with E-state index in [2.05, 4.69) is 17.2 Å². The van der Waals surface area contributed by atoms with E-state index in [1.807, 2.05) is 13.0 Å². The van der Waals surface area contributed by atoms with Crippen LogP contribution in [-0.2, 0) is 4.74 Å². The molecule has 0 aromatic carbocycles. The summed E-state index contributed by atoms with van der Waals surface area (Å²) < 4.78 is 5.31. The molecule has 2 heterocycles. The van der Waals surface area contributed by atoms with Crippen molar-refractivity contribution in [2.45, 2.75) is 26.2 Å².